The molecule has 0 spiro atoms. The summed E-state index contributed by atoms with van der Waals surface area (Å²) in [5, 5.41) is 9.05. The van der Waals surface area contributed by atoms with Gasteiger partial charge in [0.15, 0.2) is 0 Å². The molecular weight excluding hydrogens is 206 g/mol. The van der Waals surface area contributed by atoms with Crippen molar-refractivity contribution in [2.75, 3.05) is 13.2 Å². The van der Waals surface area contributed by atoms with Crippen molar-refractivity contribution >= 4 is 5.97 Å². The Labute approximate surface area is 87.4 Å². The predicted molar refractivity (Wildman–Crippen MR) is 49.5 cm³/mol. The zero-order valence-corrected chi connectivity index (χ0v) is 8.49. The van der Waals surface area contributed by atoms with E-state index in [9.17, 15) is 13.6 Å². The molecule has 1 rings (SSSR count). The molecule has 2 unspecified atom stereocenters. The Morgan fingerprint density at radius 3 is 2.47 bits per heavy atom. The summed E-state index contributed by atoms with van der Waals surface area (Å²) in [4.78, 5) is 10.5. The van der Waals surface area contributed by atoms with Crippen LogP contribution in [0.4, 0.5) is 8.78 Å². The molecule has 0 aliphatic heterocycles. The number of hydrogen-bond donors (Lipinski definition) is 1. The van der Waals surface area contributed by atoms with Gasteiger partial charge in [0.1, 0.15) is 0 Å². The Morgan fingerprint density at radius 1 is 1.33 bits per heavy atom. The molecule has 0 saturated heterocycles. The highest BCUT2D eigenvalue weighted by Gasteiger charge is 2.27. The minimum absolute atomic E-state index is 0.00833. The van der Waals surface area contributed by atoms with Crippen LogP contribution in [0.3, 0.4) is 0 Å². The van der Waals surface area contributed by atoms with Gasteiger partial charge in [-0.15, -0.1) is 0 Å². The van der Waals surface area contributed by atoms with Crippen LogP contribution in [0, 0.1) is 11.8 Å². The van der Waals surface area contributed by atoms with Crippen molar-refractivity contribution in [3.05, 3.63) is 0 Å². The Hall–Kier alpha value is -0.710. The molecule has 0 heterocycles. The molecule has 1 fully saturated rings. The molecule has 1 aliphatic rings. The van der Waals surface area contributed by atoms with Gasteiger partial charge >= 0.3 is 12.4 Å². The maximum atomic E-state index is 11.8. The molecule has 88 valence electrons. The molecule has 0 amide bonds. The van der Waals surface area contributed by atoms with E-state index in [4.69, 9.17) is 5.11 Å². The zero-order chi connectivity index (χ0) is 11.3. The first-order chi connectivity index (χ1) is 7.15. The quantitative estimate of drug-likeness (QED) is 0.735. The number of ether oxygens (including phenoxy) is 1. The van der Waals surface area contributed by atoms with Gasteiger partial charge in [0, 0.05) is 6.61 Å². The minimum Gasteiger partial charge on any atom is -0.461 e. The van der Waals surface area contributed by atoms with Crippen molar-refractivity contribution in [3.8, 4) is 0 Å². The Kier molecular flexibility index (Phi) is 4.94. The zero-order valence-electron chi connectivity index (χ0n) is 8.49. The van der Waals surface area contributed by atoms with Gasteiger partial charge in [-0.2, -0.15) is 8.78 Å². The first-order valence-corrected chi connectivity index (χ1v) is 5.20. The average Bonchev–Trinajstić information content (AvgIpc) is 2.26. The Balaban J connectivity index is 2.32. The maximum absolute atomic E-state index is 11.8. The lowest BCUT2D eigenvalue weighted by Crippen LogP contribution is -2.29. The summed E-state index contributed by atoms with van der Waals surface area (Å²) in [5.41, 5.74) is 0. The summed E-state index contributed by atoms with van der Waals surface area (Å²) in [6.45, 7) is 0.0469. The third-order valence-electron chi connectivity index (χ3n) is 2.92. The number of hydrogen-bond acceptors (Lipinski definition) is 3. The van der Waals surface area contributed by atoms with Gasteiger partial charge in [0.2, 0.25) is 0 Å². The molecule has 1 aliphatic carbocycles. The second kappa shape index (κ2) is 6.00. The lowest BCUT2D eigenvalue weighted by Gasteiger charge is -2.29. The van der Waals surface area contributed by atoms with Gasteiger partial charge in [-0.05, 0) is 24.7 Å². The second-order valence-corrected chi connectivity index (χ2v) is 3.92. The van der Waals surface area contributed by atoms with E-state index in [1.54, 1.807) is 0 Å². The fourth-order valence-corrected chi connectivity index (χ4v) is 2.00. The number of rotatable bonds is 4. The fraction of sp³-hybridized carbons (Fsp3) is 0.900. The van der Waals surface area contributed by atoms with Crippen LogP contribution in [-0.2, 0) is 9.53 Å². The predicted octanol–water partition coefficient (Wildman–Crippen LogP) is 1.59. The largest absolute Gasteiger partial charge is 0.461 e. The molecule has 0 radical (unpaired) electrons. The van der Waals surface area contributed by atoms with Crippen LogP contribution < -0.4 is 0 Å². The van der Waals surface area contributed by atoms with Crippen molar-refractivity contribution in [1.29, 1.82) is 0 Å². The van der Waals surface area contributed by atoms with Crippen LogP contribution in [0.15, 0.2) is 0 Å². The van der Waals surface area contributed by atoms with Crippen LogP contribution in [0.2, 0.25) is 0 Å². The topological polar surface area (TPSA) is 46.5 Å². The van der Waals surface area contributed by atoms with Gasteiger partial charge in [-0.3, -0.25) is 0 Å². The normalized spacial score (nSPS) is 26.7. The highest BCUT2D eigenvalue weighted by atomic mass is 19.3. The van der Waals surface area contributed by atoms with E-state index < -0.39 is 12.4 Å². The van der Waals surface area contributed by atoms with Crippen LogP contribution in [-0.4, -0.2) is 30.7 Å². The number of aliphatic hydroxyl groups is 1. The lowest BCUT2D eigenvalue weighted by atomic mass is 9.80. The third kappa shape index (κ3) is 3.74. The van der Waals surface area contributed by atoms with Gasteiger partial charge in [-0.25, -0.2) is 4.79 Å². The van der Waals surface area contributed by atoms with E-state index in [1.807, 2.05) is 0 Å². The minimum atomic E-state index is -3.05. The summed E-state index contributed by atoms with van der Waals surface area (Å²) < 4.78 is 28.2. The van der Waals surface area contributed by atoms with E-state index in [0.29, 0.717) is 0 Å². The first-order valence-electron chi connectivity index (χ1n) is 5.20. The fourth-order valence-electron chi connectivity index (χ4n) is 2.00. The Bertz CT molecular complexity index is 209. The molecule has 0 aromatic rings. The maximum Gasteiger partial charge on any atom is 0.373 e. The number of halogens is 2. The van der Waals surface area contributed by atoms with E-state index in [0.717, 1.165) is 25.7 Å². The molecule has 15 heavy (non-hydrogen) atoms. The van der Waals surface area contributed by atoms with E-state index in [-0.39, 0.29) is 25.0 Å². The molecule has 0 aromatic carbocycles. The molecule has 0 bridgehead atoms. The lowest BCUT2D eigenvalue weighted by molar-refractivity contribution is -0.159. The van der Waals surface area contributed by atoms with E-state index >= 15 is 0 Å². The van der Waals surface area contributed by atoms with E-state index in [1.165, 1.54) is 0 Å². The van der Waals surface area contributed by atoms with Crippen molar-refractivity contribution in [2.45, 2.75) is 32.1 Å². The first kappa shape index (κ1) is 12.4. The highest BCUT2D eigenvalue weighted by Crippen LogP contribution is 2.29. The van der Waals surface area contributed by atoms with Gasteiger partial charge < -0.3 is 9.84 Å². The summed E-state index contributed by atoms with van der Waals surface area (Å²) >= 11 is 0. The molecule has 1 N–H and O–H groups in total. The average molecular weight is 222 g/mol. The number of esters is 1. The second-order valence-electron chi connectivity index (χ2n) is 3.92. The SMILES string of the molecule is O=C(OCC1CCCCC1CO)C(F)F. The molecule has 5 heteroatoms. The smallest absolute Gasteiger partial charge is 0.373 e. The monoisotopic (exact) mass is 222 g/mol. The molecule has 1 saturated carbocycles. The number of alkyl halides is 2. The standard InChI is InChI=1S/C10H16F2O3/c11-9(12)10(14)15-6-8-4-2-1-3-7(8)5-13/h7-9,13H,1-6H2. The van der Waals surface area contributed by atoms with Crippen molar-refractivity contribution < 1.29 is 23.4 Å². The summed E-state index contributed by atoms with van der Waals surface area (Å²) in [6.07, 6.45) is 0.716. The summed E-state index contributed by atoms with van der Waals surface area (Å²) in [6, 6.07) is 0. The van der Waals surface area contributed by atoms with Gasteiger partial charge in [0.05, 0.1) is 6.61 Å². The number of aliphatic hydroxyl groups excluding tert-OH is 1. The number of carbonyl (C=O) groups is 1. The Morgan fingerprint density at radius 2 is 1.93 bits per heavy atom. The van der Waals surface area contributed by atoms with Crippen LogP contribution in [0.25, 0.3) is 0 Å². The number of carbonyl (C=O) groups excluding carboxylic acids is 1. The van der Waals surface area contributed by atoms with Crippen LogP contribution in [0.1, 0.15) is 25.7 Å². The van der Waals surface area contributed by atoms with E-state index in [2.05, 4.69) is 4.74 Å². The third-order valence-corrected chi connectivity index (χ3v) is 2.92. The van der Waals surface area contributed by atoms with Gasteiger partial charge in [-0.1, -0.05) is 12.8 Å². The summed E-state index contributed by atoms with van der Waals surface area (Å²) in [5.74, 6) is -1.34. The van der Waals surface area contributed by atoms with Crippen LogP contribution >= 0.6 is 0 Å². The van der Waals surface area contributed by atoms with Crippen LogP contribution in [0.5, 0.6) is 0 Å². The van der Waals surface area contributed by atoms with Gasteiger partial charge in [0.25, 0.3) is 0 Å². The summed E-state index contributed by atoms with van der Waals surface area (Å²) in [7, 11) is 0. The van der Waals surface area contributed by atoms with Crippen molar-refractivity contribution in [1.82, 2.24) is 0 Å². The molecule has 2 atom stereocenters. The molecule has 0 aromatic heterocycles. The highest BCUT2D eigenvalue weighted by molar-refractivity contribution is 5.72. The molecular formula is C10H16F2O3. The van der Waals surface area contributed by atoms with Crippen molar-refractivity contribution in [2.24, 2.45) is 11.8 Å². The van der Waals surface area contributed by atoms with Crippen molar-refractivity contribution in [3.63, 3.8) is 0 Å². The molecule has 3 nitrogen and oxygen atoms in total.